The fourth-order valence-corrected chi connectivity index (χ4v) is 4.29. The van der Waals surface area contributed by atoms with Crippen LogP contribution < -0.4 is 4.90 Å². The number of anilines is 1. The van der Waals surface area contributed by atoms with E-state index >= 15 is 0 Å². The van der Waals surface area contributed by atoms with Gasteiger partial charge in [-0.15, -0.1) is 0 Å². The molecule has 33 heavy (non-hydrogen) atoms. The van der Waals surface area contributed by atoms with Gasteiger partial charge < -0.3 is 14.5 Å². The molecule has 0 aliphatic carbocycles. The zero-order valence-electron chi connectivity index (χ0n) is 19.7. The van der Waals surface area contributed by atoms with E-state index in [0.717, 1.165) is 34.1 Å². The third kappa shape index (κ3) is 4.81. The molecule has 9 nitrogen and oxygen atoms in total. The van der Waals surface area contributed by atoms with Crippen molar-refractivity contribution in [2.45, 2.75) is 40.5 Å². The standard InChI is InChI=1S/C24H30N6O3/c1-5-33-24(32)19-6-8-21(25-15-19)28-10-12-29(13-11-28)23(31)9-7-20-17(3)26-22-14-16(2)27-30(22)18(20)4/h6,8,14-15H,5,7,9-13H2,1-4H3. The van der Waals surface area contributed by atoms with Crippen LogP contribution >= 0.6 is 0 Å². The van der Waals surface area contributed by atoms with Crippen molar-refractivity contribution in [1.82, 2.24) is 24.5 Å². The minimum absolute atomic E-state index is 0.149. The van der Waals surface area contributed by atoms with E-state index in [1.54, 1.807) is 19.2 Å². The number of rotatable bonds is 6. The number of hydrogen-bond acceptors (Lipinski definition) is 7. The highest BCUT2D eigenvalue weighted by atomic mass is 16.5. The Kier molecular flexibility index (Phi) is 6.57. The molecule has 174 valence electrons. The van der Waals surface area contributed by atoms with Crippen LogP contribution in [0.1, 0.15) is 46.3 Å². The summed E-state index contributed by atoms with van der Waals surface area (Å²) in [5.41, 5.74) is 5.30. The lowest BCUT2D eigenvalue weighted by Gasteiger charge is -2.35. The predicted molar refractivity (Wildman–Crippen MR) is 125 cm³/mol. The highest BCUT2D eigenvalue weighted by Crippen LogP contribution is 2.19. The molecule has 1 amide bonds. The molecule has 4 heterocycles. The summed E-state index contributed by atoms with van der Waals surface area (Å²) in [7, 11) is 0. The van der Waals surface area contributed by atoms with Crippen molar-refractivity contribution in [2.75, 3.05) is 37.7 Å². The summed E-state index contributed by atoms with van der Waals surface area (Å²) in [4.78, 5) is 37.8. The number of aromatic nitrogens is 4. The second-order valence-corrected chi connectivity index (χ2v) is 8.31. The van der Waals surface area contributed by atoms with Gasteiger partial charge in [-0.3, -0.25) is 4.79 Å². The second-order valence-electron chi connectivity index (χ2n) is 8.31. The summed E-state index contributed by atoms with van der Waals surface area (Å²) in [6.45, 7) is 10.8. The fourth-order valence-electron chi connectivity index (χ4n) is 4.29. The fraction of sp³-hybridized carbons (Fsp3) is 0.458. The molecule has 0 saturated carbocycles. The highest BCUT2D eigenvalue weighted by molar-refractivity contribution is 5.89. The molecular formula is C24H30N6O3. The summed E-state index contributed by atoms with van der Waals surface area (Å²) >= 11 is 0. The highest BCUT2D eigenvalue weighted by Gasteiger charge is 2.23. The normalized spacial score (nSPS) is 14.1. The largest absolute Gasteiger partial charge is 0.462 e. The minimum atomic E-state index is -0.366. The van der Waals surface area contributed by atoms with Crippen LogP contribution in [0.4, 0.5) is 5.82 Å². The van der Waals surface area contributed by atoms with Crippen molar-refractivity contribution in [3.8, 4) is 0 Å². The Balaban J connectivity index is 1.33. The Morgan fingerprint density at radius 1 is 1.09 bits per heavy atom. The third-order valence-electron chi connectivity index (χ3n) is 6.09. The first-order valence-electron chi connectivity index (χ1n) is 11.4. The van der Waals surface area contributed by atoms with Gasteiger partial charge in [0.1, 0.15) is 5.82 Å². The van der Waals surface area contributed by atoms with E-state index in [1.807, 2.05) is 42.3 Å². The summed E-state index contributed by atoms with van der Waals surface area (Å²) in [5.74, 6) is 0.584. The Morgan fingerprint density at radius 3 is 2.52 bits per heavy atom. The van der Waals surface area contributed by atoms with Crippen LogP contribution in [0.3, 0.4) is 0 Å². The van der Waals surface area contributed by atoms with Crippen LogP contribution in [-0.4, -0.2) is 69.1 Å². The molecule has 1 saturated heterocycles. The lowest BCUT2D eigenvalue weighted by Crippen LogP contribution is -2.49. The first-order valence-corrected chi connectivity index (χ1v) is 11.4. The maximum atomic E-state index is 12.9. The van der Waals surface area contributed by atoms with Crippen LogP contribution in [0.25, 0.3) is 5.65 Å². The van der Waals surface area contributed by atoms with Crippen molar-refractivity contribution in [2.24, 2.45) is 0 Å². The van der Waals surface area contributed by atoms with Crippen molar-refractivity contribution in [3.63, 3.8) is 0 Å². The number of fused-ring (bicyclic) bond motifs is 1. The van der Waals surface area contributed by atoms with E-state index < -0.39 is 0 Å². The molecule has 0 atom stereocenters. The average molecular weight is 451 g/mol. The van der Waals surface area contributed by atoms with Gasteiger partial charge in [-0.2, -0.15) is 5.10 Å². The Labute approximate surface area is 193 Å². The summed E-state index contributed by atoms with van der Waals surface area (Å²) in [6.07, 6.45) is 2.64. The second kappa shape index (κ2) is 9.56. The van der Waals surface area contributed by atoms with Gasteiger partial charge in [0.05, 0.1) is 17.9 Å². The molecule has 3 aromatic rings. The van der Waals surface area contributed by atoms with Crippen LogP contribution in [0.15, 0.2) is 24.4 Å². The number of hydrogen-bond donors (Lipinski definition) is 0. The van der Waals surface area contributed by atoms with Crippen LogP contribution in [-0.2, 0) is 16.0 Å². The van der Waals surface area contributed by atoms with Gasteiger partial charge in [-0.1, -0.05) is 0 Å². The van der Waals surface area contributed by atoms with Gasteiger partial charge >= 0.3 is 5.97 Å². The van der Waals surface area contributed by atoms with E-state index in [4.69, 9.17) is 4.74 Å². The van der Waals surface area contributed by atoms with Crippen LogP contribution in [0.5, 0.6) is 0 Å². The zero-order chi connectivity index (χ0) is 23.5. The topological polar surface area (TPSA) is 92.9 Å². The molecule has 0 aromatic carbocycles. The van der Waals surface area contributed by atoms with E-state index in [9.17, 15) is 9.59 Å². The molecule has 3 aromatic heterocycles. The van der Waals surface area contributed by atoms with E-state index in [1.165, 1.54) is 0 Å². The molecular weight excluding hydrogens is 420 g/mol. The Morgan fingerprint density at radius 2 is 1.85 bits per heavy atom. The van der Waals surface area contributed by atoms with E-state index in [-0.39, 0.29) is 11.9 Å². The summed E-state index contributed by atoms with van der Waals surface area (Å²) in [5, 5.41) is 4.51. The smallest absolute Gasteiger partial charge is 0.339 e. The molecule has 0 N–H and O–H groups in total. The van der Waals surface area contributed by atoms with Crippen molar-refractivity contribution < 1.29 is 14.3 Å². The van der Waals surface area contributed by atoms with Gasteiger partial charge in [-0.05, 0) is 51.8 Å². The number of nitrogens with zero attached hydrogens (tertiary/aromatic N) is 6. The number of carbonyl (C=O) groups excluding carboxylic acids is 2. The van der Waals surface area contributed by atoms with E-state index in [0.29, 0.717) is 51.2 Å². The lowest BCUT2D eigenvalue weighted by molar-refractivity contribution is -0.131. The molecule has 0 bridgehead atoms. The van der Waals surface area contributed by atoms with Gasteiger partial charge in [-0.25, -0.2) is 19.3 Å². The van der Waals surface area contributed by atoms with E-state index in [2.05, 4.69) is 20.0 Å². The molecule has 9 heteroatoms. The first-order chi connectivity index (χ1) is 15.9. The van der Waals surface area contributed by atoms with Crippen molar-refractivity contribution in [1.29, 1.82) is 0 Å². The molecule has 1 aliphatic heterocycles. The van der Waals surface area contributed by atoms with Crippen molar-refractivity contribution in [3.05, 3.63) is 52.6 Å². The summed E-state index contributed by atoms with van der Waals surface area (Å²) in [6, 6.07) is 5.53. The molecule has 0 unspecified atom stereocenters. The van der Waals surface area contributed by atoms with Crippen LogP contribution in [0.2, 0.25) is 0 Å². The maximum Gasteiger partial charge on any atom is 0.339 e. The predicted octanol–water partition coefficient (Wildman–Crippen LogP) is 2.51. The van der Waals surface area contributed by atoms with Gasteiger partial charge in [0.2, 0.25) is 5.91 Å². The number of esters is 1. The zero-order valence-corrected chi connectivity index (χ0v) is 19.7. The first kappa shape index (κ1) is 22.7. The van der Waals surface area contributed by atoms with Gasteiger partial charge in [0.25, 0.3) is 0 Å². The molecule has 0 radical (unpaired) electrons. The minimum Gasteiger partial charge on any atom is -0.462 e. The lowest BCUT2D eigenvalue weighted by atomic mass is 10.1. The molecule has 0 spiro atoms. The number of aryl methyl sites for hydroxylation is 3. The Bertz CT molecular complexity index is 1160. The third-order valence-corrected chi connectivity index (χ3v) is 6.09. The Hall–Kier alpha value is -3.49. The maximum absolute atomic E-state index is 12.9. The number of piperazine rings is 1. The number of ether oxygens (including phenoxy) is 1. The average Bonchev–Trinajstić information content (AvgIpc) is 3.19. The number of carbonyl (C=O) groups is 2. The summed E-state index contributed by atoms with van der Waals surface area (Å²) < 4.78 is 6.86. The number of pyridine rings is 1. The monoisotopic (exact) mass is 450 g/mol. The molecule has 4 rings (SSSR count). The molecule has 1 fully saturated rings. The van der Waals surface area contributed by atoms with Crippen LogP contribution in [0, 0.1) is 20.8 Å². The quantitative estimate of drug-likeness (QED) is 0.533. The van der Waals surface area contributed by atoms with Crippen molar-refractivity contribution >= 4 is 23.3 Å². The van der Waals surface area contributed by atoms with Gasteiger partial charge in [0, 0.05) is 56.3 Å². The van der Waals surface area contributed by atoms with Gasteiger partial charge in [0.15, 0.2) is 5.65 Å². The number of amides is 1. The SMILES string of the molecule is CCOC(=O)c1ccc(N2CCN(C(=O)CCc3c(C)nc4cc(C)nn4c3C)CC2)nc1. The molecule has 1 aliphatic rings.